The zero-order chi connectivity index (χ0) is 9.84. The smallest absolute Gasteiger partial charge is 0.129 e. The molecule has 1 aromatic rings. The summed E-state index contributed by atoms with van der Waals surface area (Å²) in [6.45, 7) is 0. The van der Waals surface area contributed by atoms with E-state index >= 15 is 0 Å². The summed E-state index contributed by atoms with van der Waals surface area (Å²) in [5.41, 5.74) is 6.04. The van der Waals surface area contributed by atoms with E-state index in [2.05, 4.69) is 5.92 Å². The molecule has 1 nitrogen and oxygen atoms in total. The highest BCUT2D eigenvalue weighted by Crippen LogP contribution is 2.20. The first-order valence-electron chi connectivity index (χ1n) is 3.79. The molecular formula is C10H9ClFN. The Balaban J connectivity index is 2.96. The lowest BCUT2D eigenvalue weighted by atomic mass is 10.0. The molecule has 0 bridgehead atoms. The van der Waals surface area contributed by atoms with Crippen LogP contribution in [0.2, 0.25) is 5.02 Å². The summed E-state index contributed by atoms with van der Waals surface area (Å²) in [5.74, 6) is 1.98. The number of rotatable bonds is 2. The van der Waals surface area contributed by atoms with Gasteiger partial charge in [0.05, 0.1) is 0 Å². The molecule has 68 valence electrons. The van der Waals surface area contributed by atoms with Gasteiger partial charge < -0.3 is 5.73 Å². The van der Waals surface area contributed by atoms with Crippen molar-refractivity contribution in [1.82, 2.24) is 0 Å². The summed E-state index contributed by atoms with van der Waals surface area (Å²) in [6, 6.07) is 3.92. The molecule has 0 fully saturated rings. The highest BCUT2D eigenvalue weighted by atomic mass is 35.5. The van der Waals surface area contributed by atoms with E-state index in [-0.39, 0.29) is 0 Å². The van der Waals surface area contributed by atoms with Gasteiger partial charge in [0.15, 0.2) is 0 Å². The van der Waals surface area contributed by atoms with E-state index in [0.717, 1.165) is 0 Å². The van der Waals surface area contributed by atoms with Gasteiger partial charge in [0.2, 0.25) is 0 Å². The van der Waals surface area contributed by atoms with E-state index in [9.17, 15) is 4.39 Å². The van der Waals surface area contributed by atoms with Crippen LogP contribution in [-0.2, 0) is 0 Å². The second-order valence-electron chi connectivity index (χ2n) is 2.68. The largest absolute Gasteiger partial charge is 0.323 e. The van der Waals surface area contributed by atoms with Crippen molar-refractivity contribution in [2.75, 3.05) is 0 Å². The molecule has 3 heteroatoms. The third kappa shape index (κ3) is 2.45. The van der Waals surface area contributed by atoms with Crippen LogP contribution in [0.4, 0.5) is 4.39 Å². The molecular weight excluding hydrogens is 189 g/mol. The number of benzene rings is 1. The van der Waals surface area contributed by atoms with Gasteiger partial charge in [0.25, 0.3) is 0 Å². The monoisotopic (exact) mass is 197 g/mol. The van der Waals surface area contributed by atoms with Gasteiger partial charge in [-0.1, -0.05) is 17.7 Å². The Morgan fingerprint density at radius 3 is 2.85 bits per heavy atom. The van der Waals surface area contributed by atoms with E-state index in [1.54, 1.807) is 12.1 Å². The van der Waals surface area contributed by atoms with Crippen molar-refractivity contribution >= 4 is 11.6 Å². The molecule has 0 amide bonds. The number of hydrogen-bond acceptors (Lipinski definition) is 1. The highest BCUT2D eigenvalue weighted by Gasteiger charge is 2.09. The van der Waals surface area contributed by atoms with E-state index in [1.807, 2.05) is 0 Å². The fraction of sp³-hybridized carbons (Fsp3) is 0.200. The summed E-state index contributed by atoms with van der Waals surface area (Å²) >= 11 is 5.58. The van der Waals surface area contributed by atoms with Crippen molar-refractivity contribution < 1.29 is 4.39 Å². The lowest BCUT2D eigenvalue weighted by Gasteiger charge is -2.09. The quantitative estimate of drug-likeness (QED) is 0.725. The molecule has 0 aliphatic rings. The van der Waals surface area contributed by atoms with Gasteiger partial charge in [-0.25, -0.2) is 4.39 Å². The first-order chi connectivity index (χ1) is 6.15. The maximum atomic E-state index is 13.2. The van der Waals surface area contributed by atoms with E-state index in [4.69, 9.17) is 23.8 Å². The Hall–Kier alpha value is -1.04. The van der Waals surface area contributed by atoms with Gasteiger partial charge in [0.1, 0.15) is 5.82 Å². The van der Waals surface area contributed by atoms with Crippen LogP contribution in [0, 0.1) is 18.2 Å². The molecule has 2 N–H and O–H groups in total. The molecule has 0 aliphatic carbocycles. The molecule has 0 saturated carbocycles. The summed E-state index contributed by atoms with van der Waals surface area (Å²) in [7, 11) is 0. The van der Waals surface area contributed by atoms with Gasteiger partial charge >= 0.3 is 0 Å². The zero-order valence-corrected chi connectivity index (χ0v) is 7.68. The lowest BCUT2D eigenvalue weighted by molar-refractivity contribution is 0.585. The molecule has 0 aromatic heterocycles. The molecule has 1 unspecified atom stereocenters. The maximum absolute atomic E-state index is 13.2. The molecule has 0 heterocycles. The fourth-order valence-corrected chi connectivity index (χ4v) is 1.20. The van der Waals surface area contributed by atoms with Gasteiger partial charge in [-0.05, 0) is 12.1 Å². The Kier molecular flexibility index (Phi) is 3.30. The van der Waals surface area contributed by atoms with Crippen molar-refractivity contribution in [3.8, 4) is 12.3 Å². The molecule has 0 aliphatic heterocycles. The second-order valence-corrected chi connectivity index (χ2v) is 3.12. The van der Waals surface area contributed by atoms with Crippen LogP contribution < -0.4 is 5.73 Å². The number of terminal acetylenes is 1. The minimum Gasteiger partial charge on any atom is -0.323 e. The van der Waals surface area contributed by atoms with Crippen LogP contribution >= 0.6 is 11.6 Å². The van der Waals surface area contributed by atoms with Gasteiger partial charge in [-0.3, -0.25) is 0 Å². The molecule has 0 saturated heterocycles. The van der Waals surface area contributed by atoms with E-state index in [0.29, 0.717) is 17.0 Å². The van der Waals surface area contributed by atoms with Gasteiger partial charge in [-0.15, -0.1) is 12.3 Å². The van der Waals surface area contributed by atoms with E-state index < -0.39 is 11.9 Å². The third-order valence-electron chi connectivity index (χ3n) is 1.70. The Morgan fingerprint density at radius 2 is 2.31 bits per heavy atom. The number of nitrogens with two attached hydrogens (primary N) is 1. The number of hydrogen-bond donors (Lipinski definition) is 1. The van der Waals surface area contributed by atoms with E-state index in [1.165, 1.54) is 6.07 Å². The lowest BCUT2D eigenvalue weighted by Crippen LogP contribution is -2.11. The summed E-state index contributed by atoms with van der Waals surface area (Å²) in [6.07, 6.45) is 5.39. The van der Waals surface area contributed by atoms with Crippen molar-refractivity contribution in [2.24, 2.45) is 5.73 Å². The predicted molar refractivity (Wildman–Crippen MR) is 51.8 cm³/mol. The topological polar surface area (TPSA) is 26.0 Å². The minimum absolute atomic E-state index is 0.318. The molecule has 1 aromatic carbocycles. The third-order valence-corrected chi connectivity index (χ3v) is 1.93. The first kappa shape index (κ1) is 10.0. The van der Waals surface area contributed by atoms with Crippen LogP contribution in [0.5, 0.6) is 0 Å². The van der Waals surface area contributed by atoms with Crippen LogP contribution in [0.3, 0.4) is 0 Å². The molecule has 13 heavy (non-hydrogen) atoms. The van der Waals surface area contributed by atoms with Crippen LogP contribution in [0.1, 0.15) is 18.0 Å². The minimum atomic E-state index is -0.456. The van der Waals surface area contributed by atoms with Crippen LogP contribution in [0.15, 0.2) is 18.2 Å². The molecule has 0 radical (unpaired) electrons. The maximum Gasteiger partial charge on any atom is 0.129 e. The fourth-order valence-electron chi connectivity index (χ4n) is 1.04. The van der Waals surface area contributed by atoms with Crippen LogP contribution in [-0.4, -0.2) is 0 Å². The summed E-state index contributed by atoms with van der Waals surface area (Å²) < 4.78 is 13.2. The highest BCUT2D eigenvalue weighted by molar-refractivity contribution is 6.30. The van der Waals surface area contributed by atoms with Crippen LogP contribution in [0.25, 0.3) is 0 Å². The molecule has 1 atom stereocenters. The standard InChI is InChI=1S/C10H9ClFN/c1-2-3-10(13)8-5-4-7(11)6-9(8)12/h1,4-6,10H,3,13H2. The normalized spacial score (nSPS) is 12.2. The molecule has 1 rings (SSSR count). The van der Waals surface area contributed by atoms with Crippen molar-refractivity contribution in [3.05, 3.63) is 34.6 Å². The predicted octanol–water partition coefficient (Wildman–Crippen LogP) is 2.50. The average molecular weight is 198 g/mol. The van der Waals surface area contributed by atoms with Gasteiger partial charge in [-0.2, -0.15) is 0 Å². The SMILES string of the molecule is C#CCC(N)c1ccc(Cl)cc1F. The van der Waals surface area contributed by atoms with Crippen molar-refractivity contribution in [1.29, 1.82) is 0 Å². The Bertz CT molecular complexity index is 343. The van der Waals surface area contributed by atoms with Gasteiger partial charge in [0, 0.05) is 23.0 Å². The zero-order valence-electron chi connectivity index (χ0n) is 6.93. The van der Waals surface area contributed by atoms with Crippen molar-refractivity contribution in [3.63, 3.8) is 0 Å². The number of halogens is 2. The summed E-state index contributed by atoms with van der Waals surface area (Å²) in [4.78, 5) is 0. The Morgan fingerprint density at radius 1 is 1.62 bits per heavy atom. The second kappa shape index (κ2) is 4.27. The summed E-state index contributed by atoms with van der Waals surface area (Å²) in [5, 5.41) is 0.356. The Labute approximate surface area is 81.7 Å². The average Bonchev–Trinajstić information content (AvgIpc) is 2.04. The molecule has 0 spiro atoms. The first-order valence-corrected chi connectivity index (χ1v) is 4.17. The van der Waals surface area contributed by atoms with Crippen molar-refractivity contribution in [2.45, 2.75) is 12.5 Å².